The molecule has 0 aliphatic carbocycles. The number of unbranched alkanes of at least 4 members (excludes halogenated alkanes) is 3. The Kier molecular flexibility index (Phi) is 7.33. The molecule has 0 spiro atoms. The summed E-state index contributed by atoms with van der Waals surface area (Å²) in [4.78, 5) is 23.1. The Morgan fingerprint density at radius 2 is 1.50 bits per heavy atom. The van der Waals surface area contributed by atoms with Crippen LogP contribution in [0.2, 0.25) is 0 Å². The highest BCUT2D eigenvalue weighted by Gasteiger charge is 2.13. The number of carbonyl (C=O) groups is 1. The van der Waals surface area contributed by atoms with Gasteiger partial charge in [-0.3, -0.25) is 10.1 Å². The van der Waals surface area contributed by atoms with Gasteiger partial charge in [-0.15, -0.1) is 0 Å². The zero-order chi connectivity index (χ0) is 21.3. The molecule has 30 heavy (non-hydrogen) atoms. The van der Waals surface area contributed by atoms with Crippen molar-refractivity contribution < 1.29 is 14.5 Å². The number of nitro groups is 1. The number of benzene rings is 3. The second-order valence-corrected chi connectivity index (χ2v) is 7.19. The fraction of sp³-hybridized carbons (Fsp3) is 0.240. The molecule has 5 heteroatoms. The minimum atomic E-state index is -0.423. The Balaban J connectivity index is 1.67. The van der Waals surface area contributed by atoms with Crippen molar-refractivity contribution >= 4 is 11.7 Å². The van der Waals surface area contributed by atoms with Crippen LogP contribution in [0, 0.1) is 10.1 Å². The molecule has 3 aromatic rings. The van der Waals surface area contributed by atoms with E-state index >= 15 is 0 Å². The quantitative estimate of drug-likeness (QED) is 0.133. The summed E-state index contributed by atoms with van der Waals surface area (Å²) in [6, 6.07) is 21.1. The third-order valence-corrected chi connectivity index (χ3v) is 5.01. The van der Waals surface area contributed by atoms with Crippen LogP contribution in [-0.2, 0) is 6.42 Å². The summed E-state index contributed by atoms with van der Waals surface area (Å²) >= 11 is 0. The van der Waals surface area contributed by atoms with Crippen LogP contribution in [0.15, 0.2) is 72.8 Å². The molecule has 0 aromatic heterocycles. The highest BCUT2D eigenvalue weighted by atomic mass is 16.6. The van der Waals surface area contributed by atoms with E-state index in [1.54, 1.807) is 24.3 Å². The zero-order valence-corrected chi connectivity index (χ0v) is 17.0. The van der Waals surface area contributed by atoms with Crippen molar-refractivity contribution in [3.8, 4) is 16.9 Å². The maximum atomic E-state index is 12.7. The van der Waals surface area contributed by atoms with Gasteiger partial charge in [0.15, 0.2) is 0 Å². The first kappa shape index (κ1) is 21.2. The van der Waals surface area contributed by atoms with E-state index in [4.69, 9.17) is 4.74 Å². The van der Waals surface area contributed by atoms with Gasteiger partial charge in [0.1, 0.15) is 5.75 Å². The van der Waals surface area contributed by atoms with E-state index in [9.17, 15) is 14.9 Å². The number of ether oxygens (including phenoxy) is 1. The molecule has 3 rings (SSSR count). The lowest BCUT2D eigenvalue weighted by Gasteiger charge is -2.10. The number of rotatable bonds is 9. The van der Waals surface area contributed by atoms with Crippen molar-refractivity contribution in [2.75, 3.05) is 0 Å². The molecule has 0 fully saturated rings. The normalized spacial score (nSPS) is 10.6. The third kappa shape index (κ3) is 5.54. The average molecular weight is 403 g/mol. The fourth-order valence-electron chi connectivity index (χ4n) is 3.33. The van der Waals surface area contributed by atoms with Crippen molar-refractivity contribution in [3.63, 3.8) is 0 Å². The number of hydrogen-bond acceptors (Lipinski definition) is 4. The number of non-ortho nitro benzene ring substituents is 1. The van der Waals surface area contributed by atoms with Crippen LogP contribution in [-0.4, -0.2) is 10.9 Å². The number of nitro benzene ring substituents is 1. The molecular weight excluding hydrogens is 378 g/mol. The van der Waals surface area contributed by atoms with Crippen LogP contribution in [0.25, 0.3) is 11.1 Å². The van der Waals surface area contributed by atoms with Gasteiger partial charge in [-0.2, -0.15) is 0 Å². The van der Waals surface area contributed by atoms with E-state index < -0.39 is 4.92 Å². The third-order valence-electron chi connectivity index (χ3n) is 5.01. The first-order chi connectivity index (χ1) is 14.6. The zero-order valence-electron chi connectivity index (χ0n) is 17.0. The summed E-state index contributed by atoms with van der Waals surface area (Å²) in [6.45, 7) is 2.18. The molecule has 0 atom stereocenters. The van der Waals surface area contributed by atoms with Crippen molar-refractivity contribution in [1.29, 1.82) is 0 Å². The molecule has 0 bridgehead atoms. The first-order valence-corrected chi connectivity index (χ1v) is 10.2. The Hall–Kier alpha value is -3.47. The largest absolute Gasteiger partial charge is 0.423 e. The molecule has 0 aliphatic rings. The molecular formula is C25H25NO4. The van der Waals surface area contributed by atoms with Crippen molar-refractivity contribution in [2.24, 2.45) is 0 Å². The summed E-state index contributed by atoms with van der Waals surface area (Å²) in [5.41, 5.74) is 3.42. The fourth-order valence-corrected chi connectivity index (χ4v) is 3.33. The molecule has 0 amide bonds. The number of aryl methyl sites for hydroxylation is 1. The van der Waals surface area contributed by atoms with Crippen LogP contribution < -0.4 is 4.74 Å². The Bertz CT molecular complexity index is 994. The van der Waals surface area contributed by atoms with E-state index in [1.807, 2.05) is 36.4 Å². The van der Waals surface area contributed by atoms with Crippen molar-refractivity contribution in [2.45, 2.75) is 39.0 Å². The lowest BCUT2D eigenvalue weighted by atomic mass is 10.0. The van der Waals surface area contributed by atoms with Gasteiger partial charge < -0.3 is 4.74 Å². The summed E-state index contributed by atoms with van der Waals surface area (Å²) < 4.78 is 5.58. The lowest BCUT2D eigenvalue weighted by molar-refractivity contribution is -0.384. The number of esters is 1. The van der Waals surface area contributed by atoms with Gasteiger partial charge >= 0.3 is 5.97 Å². The Morgan fingerprint density at radius 1 is 0.867 bits per heavy atom. The molecule has 0 heterocycles. The predicted molar refractivity (Wildman–Crippen MR) is 118 cm³/mol. The van der Waals surface area contributed by atoms with E-state index in [2.05, 4.69) is 6.92 Å². The lowest BCUT2D eigenvalue weighted by Crippen LogP contribution is -2.11. The minimum Gasteiger partial charge on any atom is -0.423 e. The highest BCUT2D eigenvalue weighted by molar-refractivity contribution is 5.92. The van der Waals surface area contributed by atoms with Crippen molar-refractivity contribution in [3.05, 3.63) is 94.0 Å². The van der Waals surface area contributed by atoms with Gasteiger partial charge in [0.05, 0.1) is 10.5 Å². The molecule has 0 aliphatic heterocycles. The van der Waals surface area contributed by atoms with E-state index in [0.29, 0.717) is 11.3 Å². The standard InChI is InChI=1S/C25H25NO4/c1-2-3-4-5-8-21-9-6-7-10-24(21)25(27)30-23-17-13-20(14-18-23)19-11-15-22(16-12-19)26(28)29/h6-7,9-18H,2-5,8H2,1H3. The van der Waals surface area contributed by atoms with Crippen LogP contribution in [0.1, 0.15) is 48.5 Å². The van der Waals surface area contributed by atoms with Gasteiger partial charge in [0, 0.05) is 12.1 Å². The Labute approximate surface area is 176 Å². The monoisotopic (exact) mass is 403 g/mol. The second kappa shape index (κ2) is 10.3. The molecule has 5 nitrogen and oxygen atoms in total. The molecule has 0 N–H and O–H groups in total. The van der Waals surface area contributed by atoms with Gasteiger partial charge in [0.2, 0.25) is 0 Å². The highest BCUT2D eigenvalue weighted by Crippen LogP contribution is 2.25. The maximum absolute atomic E-state index is 12.7. The molecule has 0 saturated carbocycles. The summed E-state index contributed by atoms with van der Waals surface area (Å²) in [5, 5.41) is 10.8. The predicted octanol–water partition coefficient (Wildman–Crippen LogP) is 6.60. The maximum Gasteiger partial charge on any atom is 0.343 e. The van der Waals surface area contributed by atoms with Gasteiger partial charge in [-0.05, 0) is 59.9 Å². The average Bonchev–Trinajstić information content (AvgIpc) is 2.77. The van der Waals surface area contributed by atoms with Gasteiger partial charge in [-0.1, -0.05) is 56.5 Å². The smallest absolute Gasteiger partial charge is 0.343 e. The Morgan fingerprint density at radius 3 is 2.13 bits per heavy atom. The molecule has 154 valence electrons. The minimum absolute atomic E-state index is 0.0534. The van der Waals surface area contributed by atoms with Crippen LogP contribution in [0.3, 0.4) is 0 Å². The SMILES string of the molecule is CCCCCCc1ccccc1C(=O)Oc1ccc(-c2ccc([N+](=O)[O-])cc2)cc1. The summed E-state index contributed by atoms with van der Waals surface area (Å²) in [7, 11) is 0. The molecule has 0 saturated heterocycles. The number of carbonyl (C=O) groups excluding carboxylic acids is 1. The van der Waals surface area contributed by atoms with Crippen LogP contribution in [0.5, 0.6) is 5.75 Å². The molecule has 3 aromatic carbocycles. The molecule has 0 unspecified atom stereocenters. The van der Waals surface area contributed by atoms with Gasteiger partial charge in [0.25, 0.3) is 5.69 Å². The number of hydrogen-bond donors (Lipinski definition) is 0. The van der Waals surface area contributed by atoms with Gasteiger partial charge in [-0.25, -0.2) is 4.79 Å². The van der Waals surface area contributed by atoms with Crippen LogP contribution in [0.4, 0.5) is 5.69 Å². The summed E-state index contributed by atoms with van der Waals surface area (Å²) in [6.07, 6.45) is 5.46. The first-order valence-electron chi connectivity index (χ1n) is 10.2. The van der Waals surface area contributed by atoms with Crippen molar-refractivity contribution in [1.82, 2.24) is 0 Å². The number of nitrogens with zero attached hydrogens (tertiary/aromatic N) is 1. The van der Waals surface area contributed by atoms with Crippen LogP contribution >= 0.6 is 0 Å². The van der Waals surface area contributed by atoms with E-state index in [0.717, 1.165) is 36.0 Å². The van der Waals surface area contributed by atoms with E-state index in [-0.39, 0.29) is 11.7 Å². The molecule has 0 radical (unpaired) electrons. The summed E-state index contributed by atoms with van der Waals surface area (Å²) in [5.74, 6) is 0.107. The second-order valence-electron chi connectivity index (χ2n) is 7.19. The topological polar surface area (TPSA) is 69.4 Å². The van der Waals surface area contributed by atoms with E-state index in [1.165, 1.54) is 25.0 Å².